The number of rotatable bonds is 11. The van der Waals surface area contributed by atoms with Crippen molar-refractivity contribution < 1.29 is 28.7 Å². The van der Waals surface area contributed by atoms with E-state index in [0.29, 0.717) is 6.42 Å². The number of carbonyl (C=O) groups excluding carboxylic acids is 5. The van der Waals surface area contributed by atoms with Crippen LogP contribution in [0.3, 0.4) is 0 Å². The summed E-state index contributed by atoms with van der Waals surface area (Å²) in [7, 11) is 0. The van der Waals surface area contributed by atoms with Crippen LogP contribution in [0.1, 0.15) is 57.4 Å². The second-order valence-corrected chi connectivity index (χ2v) is 11.0. The van der Waals surface area contributed by atoms with Crippen molar-refractivity contribution in [3.8, 4) is 0 Å². The number of hydrogen-bond acceptors (Lipinski definition) is 7. The van der Waals surface area contributed by atoms with Crippen molar-refractivity contribution in [2.24, 2.45) is 23.7 Å². The minimum Gasteiger partial charge on any atom is -0.461 e. The normalized spacial score (nSPS) is 17.1. The molecule has 40 heavy (non-hydrogen) atoms. The zero-order valence-corrected chi connectivity index (χ0v) is 23.6. The molecule has 2 amide bonds. The summed E-state index contributed by atoms with van der Waals surface area (Å²) in [4.78, 5) is 69.2. The molecule has 0 saturated heterocycles. The molecule has 0 saturated carbocycles. The number of amides is 2. The number of benzene rings is 1. The summed E-state index contributed by atoms with van der Waals surface area (Å²) in [6, 6.07) is 12.0. The summed E-state index contributed by atoms with van der Waals surface area (Å²) in [5.74, 6) is -4.67. The highest BCUT2D eigenvalue weighted by Crippen LogP contribution is 2.22. The van der Waals surface area contributed by atoms with Crippen LogP contribution in [0.5, 0.6) is 0 Å². The fourth-order valence-corrected chi connectivity index (χ4v) is 4.83. The van der Waals surface area contributed by atoms with Gasteiger partial charge in [-0.2, -0.15) is 0 Å². The van der Waals surface area contributed by atoms with Crippen LogP contribution in [0.4, 0.5) is 0 Å². The smallest absolute Gasteiger partial charge is 0.306 e. The summed E-state index contributed by atoms with van der Waals surface area (Å²) in [5, 5.41) is 5.45. The van der Waals surface area contributed by atoms with E-state index in [1.807, 2.05) is 50.2 Å². The predicted octanol–water partition coefficient (Wildman–Crippen LogP) is 2.99. The Kier molecular flexibility index (Phi) is 11.1. The fourth-order valence-electron chi connectivity index (χ4n) is 4.83. The second kappa shape index (κ2) is 14.5. The molecule has 1 aromatic carbocycles. The summed E-state index contributed by atoms with van der Waals surface area (Å²) in [5.41, 5.74) is 2.45. The first-order chi connectivity index (χ1) is 19.1. The van der Waals surface area contributed by atoms with E-state index in [9.17, 15) is 24.0 Å². The van der Waals surface area contributed by atoms with Gasteiger partial charge in [0.05, 0.1) is 18.4 Å². The van der Waals surface area contributed by atoms with E-state index in [-0.39, 0.29) is 50.0 Å². The number of Topliss-reactive ketones (excluding diaryl/α,β-unsaturated/α-hetero) is 2. The molecule has 9 nitrogen and oxygen atoms in total. The highest BCUT2D eigenvalue weighted by atomic mass is 16.5. The first-order valence-electron chi connectivity index (χ1n) is 13.8. The summed E-state index contributed by atoms with van der Waals surface area (Å²) in [6.45, 7) is 7.67. The Balaban J connectivity index is 1.69. The van der Waals surface area contributed by atoms with E-state index in [4.69, 9.17) is 4.74 Å². The number of ether oxygens (including phenoxy) is 1. The standard InChI is InChI=1S/C31H39N3O6/c1-19(2)24(17-27(36)40-18-21-9-6-5-7-10-21)30(38)34-28(20(3)4)26(35)16-23-15-22-11-8-13-32-25(22)12-14-33-31(39)29(23)37/h5-11,13,19-20,23-24,28H,12,14-18H2,1-4H3,(H,33,39)(H,34,38). The number of fused-ring (bicyclic) bond motifs is 1. The van der Waals surface area contributed by atoms with Crippen LogP contribution < -0.4 is 10.6 Å². The lowest BCUT2D eigenvalue weighted by molar-refractivity contribution is -0.149. The molecule has 0 radical (unpaired) electrons. The van der Waals surface area contributed by atoms with E-state index in [0.717, 1.165) is 16.8 Å². The maximum atomic E-state index is 13.5. The van der Waals surface area contributed by atoms with Gasteiger partial charge in [0.15, 0.2) is 5.78 Å². The van der Waals surface area contributed by atoms with Gasteiger partial charge in [-0.3, -0.25) is 29.0 Å². The molecule has 0 bridgehead atoms. The summed E-state index contributed by atoms with van der Waals surface area (Å²) < 4.78 is 5.38. The van der Waals surface area contributed by atoms with Crippen molar-refractivity contribution in [2.45, 2.75) is 66.0 Å². The third kappa shape index (κ3) is 8.56. The summed E-state index contributed by atoms with van der Waals surface area (Å²) >= 11 is 0. The largest absolute Gasteiger partial charge is 0.461 e. The molecule has 214 valence electrons. The van der Waals surface area contributed by atoms with E-state index >= 15 is 0 Å². The first-order valence-corrected chi connectivity index (χ1v) is 13.8. The van der Waals surface area contributed by atoms with Crippen molar-refractivity contribution in [3.63, 3.8) is 0 Å². The highest BCUT2D eigenvalue weighted by molar-refractivity contribution is 6.37. The Morgan fingerprint density at radius 3 is 2.42 bits per heavy atom. The van der Waals surface area contributed by atoms with Gasteiger partial charge in [-0.15, -0.1) is 0 Å². The second-order valence-electron chi connectivity index (χ2n) is 11.0. The molecule has 1 aliphatic rings. The average Bonchev–Trinajstić information content (AvgIpc) is 2.98. The van der Waals surface area contributed by atoms with Gasteiger partial charge < -0.3 is 15.4 Å². The highest BCUT2D eigenvalue weighted by Gasteiger charge is 2.35. The monoisotopic (exact) mass is 549 g/mol. The molecule has 3 rings (SSSR count). The third-order valence-corrected chi connectivity index (χ3v) is 7.22. The Morgan fingerprint density at radius 1 is 1.02 bits per heavy atom. The summed E-state index contributed by atoms with van der Waals surface area (Å²) in [6.07, 6.45) is 2.04. The molecule has 1 aliphatic heterocycles. The van der Waals surface area contributed by atoms with Gasteiger partial charge >= 0.3 is 5.97 Å². The Labute approximate surface area is 235 Å². The predicted molar refractivity (Wildman–Crippen MR) is 149 cm³/mol. The van der Waals surface area contributed by atoms with Gasteiger partial charge in [-0.1, -0.05) is 64.1 Å². The SMILES string of the molecule is CC(C)C(CC(=O)OCc1ccccc1)C(=O)NC(C(=O)CC1Cc2cccnc2CCNC(=O)C1=O)C(C)C. The zero-order valence-electron chi connectivity index (χ0n) is 23.6. The van der Waals surface area contributed by atoms with Gasteiger partial charge in [0.2, 0.25) is 11.7 Å². The molecule has 9 heteroatoms. The Morgan fingerprint density at radius 2 is 1.75 bits per heavy atom. The lowest BCUT2D eigenvalue weighted by Gasteiger charge is -2.27. The molecular weight excluding hydrogens is 510 g/mol. The number of hydrogen-bond donors (Lipinski definition) is 2. The van der Waals surface area contributed by atoms with Gasteiger partial charge in [-0.05, 0) is 35.4 Å². The molecule has 2 N–H and O–H groups in total. The van der Waals surface area contributed by atoms with E-state index < -0.39 is 41.4 Å². The van der Waals surface area contributed by atoms with E-state index in [2.05, 4.69) is 15.6 Å². The quantitative estimate of drug-likeness (QED) is 0.325. The zero-order chi connectivity index (χ0) is 29.2. The fraction of sp³-hybridized carbons (Fsp3) is 0.484. The van der Waals surface area contributed by atoms with Gasteiger partial charge in [0.25, 0.3) is 5.91 Å². The van der Waals surface area contributed by atoms with Crippen molar-refractivity contribution in [3.05, 3.63) is 65.5 Å². The minimum absolute atomic E-state index is 0.112. The van der Waals surface area contributed by atoms with Gasteiger partial charge in [0.1, 0.15) is 6.61 Å². The van der Waals surface area contributed by atoms with Gasteiger partial charge in [-0.25, -0.2) is 0 Å². The number of aromatic nitrogens is 1. The van der Waals surface area contributed by atoms with Crippen LogP contribution >= 0.6 is 0 Å². The lowest BCUT2D eigenvalue weighted by atomic mass is 9.85. The molecule has 2 aromatic rings. The molecule has 0 fully saturated rings. The number of carbonyl (C=O) groups is 5. The topological polar surface area (TPSA) is 132 Å². The molecule has 1 aromatic heterocycles. The van der Waals surface area contributed by atoms with Crippen LogP contribution in [-0.4, -0.2) is 46.9 Å². The van der Waals surface area contributed by atoms with Crippen LogP contribution in [0.25, 0.3) is 0 Å². The molecule has 2 heterocycles. The van der Waals surface area contributed by atoms with Crippen LogP contribution in [0.2, 0.25) is 0 Å². The van der Waals surface area contributed by atoms with E-state index in [1.54, 1.807) is 26.1 Å². The molecule has 0 aliphatic carbocycles. The van der Waals surface area contributed by atoms with Crippen LogP contribution in [0, 0.1) is 23.7 Å². The first kappa shape index (κ1) is 30.7. The number of ketones is 2. The van der Waals surface area contributed by atoms with Crippen LogP contribution in [-0.2, 0) is 48.2 Å². The third-order valence-electron chi connectivity index (χ3n) is 7.22. The number of nitrogens with zero attached hydrogens (tertiary/aromatic N) is 1. The van der Waals surface area contributed by atoms with Crippen molar-refractivity contribution >= 4 is 29.4 Å². The van der Waals surface area contributed by atoms with Crippen LogP contribution in [0.15, 0.2) is 48.7 Å². The maximum absolute atomic E-state index is 13.5. The number of esters is 1. The van der Waals surface area contributed by atoms with Crippen molar-refractivity contribution in [1.82, 2.24) is 15.6 Å². The Hall–Kier alpha value is -3.88. The molecule has 3 atom stereocenters. The van der Waals surface area contributed by atoms with E-state index in [1.165, 1.54) is 0 Å². The van der Waals surface area contributed by atoms with Crippen molar-refractivity contribution in [2.75, 3.05) is 6.54 Å². The molecular formula is C31H39N3O6. The lowest BCUT2D eigenvalue weighted by Crippen LogP contribution is -2.49. The number of pyridine rings is 1. The molecule has 0 spiro atoms. The average molecular weight is 550 g/mol. The maximum Gasteiger partial charge on any atom is 0.306 e. The minimum atomic E-state index is -0.883. The molecule has 3 unspecified atom stereocenters. The number of nitrogens with one attached hydrogen (secondary N) is 2. The van der Waals surface area contributed by atoms with Gasteiger partial charge in [0, 0.05) is 37.2 Å². The Bertz CT molecular complexity index is 1210. The van der Waals surface area contributed by atoms with Crippen molar-refractivity contribution in [1.29, 1.82) is 0 Å².